The van der Waals surface area contributed by atoms with Crippen LogP contribution in [0.4, 0.5) is 5.69 Å². The van der Waals surface area contributed by atoms with Crippen LogP contribution in [-0.2, 0) is 10.0 Å². The second kappa shape index (κ2) is 6.85. The molecule has 3 rings (SSSR count). The third kappa shape index (κ3) is 3.46. The number of nitriles is 1. The summed E-state index contributed by atoms with van der Waals surface area (Å²) in [4.78, 5) is 9.94. The molecule has 0 saturated carbocycles. The van der Waals surface area contributed by atoms with Crippen molar-refractivity contribution in [3.8, 4) is 6.07 Å². The van der Waals surface area contributed by atoms with Crippen LogP contribution in [-0.4, -0.2) is 40.6 Å². The molecule has 0 atom stereocenters. The standard InChI is InChI=1S/C16H12N6O4S/c1-20(27(25,26)15-4-2-14(3-5-15)22(23)24)18-10-13-11-19-21-7-6-12(9-17)8-16(13)21/h2-8,10-11H,1H3/b18-10+. The Morgan fingerprint density at radius 3 is 2.67 bits per heavy atom. The maximum Gasteiger partial charge on any atom is 0.278 e. The van der Waals surface area contributed by atoms with Gasteiger partial charge < -0.3 is 0 Å². The average Bonchev–Trinajstić information content (AvgIpc) is 3.08. The SMILES string of the molecule is CN(/N=C/c1cnn2ccc(C#N)cc12)S(=O)(=O)c1ccc([N+](=O)[O-])cc1. The van der Waals surface area contributed by atoms with Crippen molar-refractivity contribution in [1.29, 1.82) is 5.26 Å². The van der Waals surface area contributed by atoms with Crippen LogP contribution in [0.25, 0.3) is 5.52 Å². The summed E-state index contributed by atoms with van der Waals surface area (Å²) in [5.74, 6) is 0. The van der Waals surface area contributed by atoms with E-state index in [0.717, 1.165) is 28.7 Å². The number of fused-ring (bicyclic) bond motifs is 1. The fourth-order valence-electron chi connectivity index (χ4n) is 2.27. The molecule has 0 N–H and O–H groups in total. The topological polar surface area (TPSA) is 134 Å². The number of hydrazone groups is 1. The van der Waals surface area contributed by atoms with Gasteiger partial charge in [-0.25, -0.2) is 4.52 Å². The number of hydrogen-bond donors (Lipinski definition) is 0. The third-order valence-electron chi connectivity index (χ3n) is 3.73. The molecule has 27 heavy (non-hydrogen) atoms. The van der Waals surface area contributed by atoms with Gasteiger partial charge in [0, 0.05) is 30.9 Å². The Balaban J connectivity index is 1.88. The van der Waals surface area contributed by atoms with Crippen molar-refractivity contribution in [3.05, 3.63) is 70.0 Å². The van der Waals surface area contributed by atoms with E-state index >= 15 is 0 Å². The zero-order valence-corrected chi connectivity index (χ0v) is 14.7. The van der Waals surface area contributed by atoms with Crippen molar-refractivity contribution in [1.82, 2.24) is 14.0 Å². The number of nitro groups is 1. The molecule has 2 aromatic heterocycles. The molecule has 3 aromatic rings. The predicted octanol–water partition coefficient (Wildman–Crippen LogP) is 1.77. The summed E-state index contributed by atoms with van der Waals surface area (Å²) in [7, 11) is -2.72. The maximum absolute atomic E-state index is 12.5. The van der Waals surface area contributed by atoms with E-state index in [-0.39, 0.29) is 10.6 Å². The van der Waals surface area contributed by atoms with Crippen molar-refractivity contribution in [2.45, 2.75) is 4.90 Å². The van der Waals surface area contributed by atoms with Crippen molar-refractivity contribution in [2.75, 3.05) is 7.05 Å². The van der Waals surface area contributed by atoms with Gasteiger partial charge in [-0.3, -0.25) is 10.1 Å². The second-order valence-electron chi connectivity index (χ2n) is 5.39. The smallest absolute Gasteiger partial charge is 0.258 e. The van der Waals surface area contributed by atoms with Crippen LogP contribution in [0.15, 0.2) is 58.8 Å². The van der Waals surface area contributed by atoms with E-state index in [1.165, 1.54) is 24.0 Å². The summed E-state index contributed by atoms with van der Waals surface area (Å²) in [5, 5.41) is 27.7. The predicted molar refractivity (Wildman–Crippen MR) is 95.5 cm³/mol. The van der Waals surface area contributed by atoms with Crippen LogP contribution in [0.1, 0.15) is 11.1 Å². The molecule has 0 spiro atoms. The van der Waals surface area contributed by atoms with Gasteiger partial charge in [0.25, 0.3) is 15.7 Å². The minimum absolute atomic E-state index is 0.126. The highest BCUT2D eigenvalue weighted by atomic mass is 32.2. The van der Waals surface area contributed by atoms with E-state index in [9.17, 15) is 18.5 Å². The molecule has 0 amide bonds. The first kappa shape index (κ1) is 18.0. The summed E-state index contributed by atoms with van der Waals surface area (Å²) in [6.07, 6.45) is 4.42. The van der Waals surface area contributed by atoms with Gasteiger partial charge in [-0.05, 0) is 24.3 Å². The minimum Gasteiger partial charge on any atom is -0.258 e. The number of sulfonamides is 1. The number of rotatable bonds is 5. The fourth-order valence-corrected chi connectivity index (χ4v) is 3.22. The summed E-state index contributed by atoms with van der Waals surface area (Å²) < 4.78 is 27.3. The van der Waals surface area contributed by atoms with Gasteiger partial charge in [0.1, 0.15) is 0 Å². The Hall–Kier alpha value is -3.78. The van der Waals surface area contributed by atoms with Crippen LogP contribution in [0.5, 0.6) is 0 Å². The molecule has 0 saturated heterocycles. The molecular weight excluding hydrogens is 372 g/mol. The van der Waals surface area contributed by atoms with Crippen LogP contribution in [0.2, 0.25) is 0 Å². The van der Waals surface area contributed by atoms with E-state index in [1.54, 1.807) is 18.3 Å². The Bertz CT molecular complexity index is 1190. The average molecular weight is 384 g/mol. The van der Waals surface area contributed by atoms with Gasteiger partial charge in [-0.15, -0.1) is 0 Å². The van der Waals surface area contributed by atoms with Crippen molar-refractivity contribution in [3.63, 3.8) is 0 Å². The first-order valence-corrected chi connectivity index (χ1v) is 8.92. The van der Waals surface area contributed by atoms with Crippen LogP contribution in [0, 0.1) is 21.4 Å². The van der Waals surface area contributed by atoms with E-state index in [4.69, 9.17) is 5.26 Å². The first-order valence-electron chi connectivity index (χ1n) is 7.48. The summed E-state index contributed by atoms with van der Waals surface area (Å²) in [5.41, 5.74) is 1.35. The lowest BCUT2D eigenvalue weighted by atomic mass is 10.2. The first-order chi connectivity index (χ1) is 12.8. The molecular formula is C16H12N6O4S. The normalized spacial score (nSPS) is 11.6. The van der Waals surface area contributed by atoms with E-state index < -0.39 is 14.9 Å². The molecule has 0 bridgehead atoms. The number of pyridine rings is 1. The van der Waals surface area contributed by atoms with Crippen molar-refractivity contribution in [2.24, 2.45) is 5.10 Å². The zero-order chi connectivity index (χ0) is 19.6. The third-order valence-corrected chi connectivity index (χ3v) is 5.39. The lowest BCUT2D eigenvalue weighted by Crippen LogP contribution is -2.21. The molecule has 10 nitrogen and oxygen atoms in total. The quantitative estimate of drug-likeness (QED) is 0.374. The molecule has 0 unspecified atom stereocenters. The second-order valence-corrected chi connectivity index (χ2v) is 7.34. The Morgan fingerprint density at radius 2 is 2.04 bits per heavy atom. The zero-order valence-electron chi connectivity index (χ0n) is 13.9. The fraction of sp³-hybridized carbons (Fsp3) is 0.0625. The maximum atomic E-state index is 12.5. The number of benzene rings is 1. The lowest BCUT2D eigenvalue weighted by Gasteiger charge is -2.13. The number of nitrogens with zero attached hydrogens (tertiary/aromatic N) is 6. The van der Waals surface area contributed by atoms with Crippen molar-refractivity contribution >= 4 is 27.4 Å². The van der Waals surface area contributed by atoms with Gasteiger partial charge in [-0.2, -0.15) is 28.3 Å². The number of non-ortho nitro benzene ring substituents is 1. The van der Waals surface area contributed by atoms with E-state index in [1.807, 2.05) is 6.07 Å². The molecule has 11 heteroatoms. The van der Waals surface area contributed by atoms with Gasteiger partial charge in [-0.1, -0.05) is 0 Å². The summed E-state index contributed by atoms with van der Waals surface area (Å²) in [6.45, 7) is 0. The molecule has 0 fully saturated rings. The highest BCUT2D eigenvalue weighted by molar-refractivity contribution is 7.89. The Kier molecular flexibility index (Phi) is 4.57. The lowest BCUT2D eigenvalue weighted by molar-refractivity contribution is -0.384. The number of aromatic nitrogens is 2. The summed E-state index contributed by atoms with van der Waals surface area (Å²) in [6, 6.07) is 9.75. The largest absolute Gasteiger partial charge is 0.278 e. The van der Waals surface area contributed by atoms with Gasteiger partial charge in [0.05, 0.1) is 39.4 Å². The summed E-state index contributed by atoms with van der Waals surface area (Å²) >= 11 is 0. The van der Waals surface area contributed by atoms with Gasteiger partial charge in [0.15, 0.2) is 0 Å². The molecule has 1 aromatic carbocycles. The number of nitro benzene ring substituents is 1. The van der Waals surface area contributed by atoms with Gasteiger partial charge >= 0.3 is 0 Å². The van der Waals surface area contributed by atoms with Crippen LogP contribution < -0.4 is 0 Å². The van der Waals surface area contributed by atoms with Crippen LogP contribution in [0.3, 0.4) is 0 Å². The van der Waals surface area contributed by atoms with Gasteiger partial charge in [0.2, 0.25) is 0 Å². The molecule has 0 aliphatic rings. The number of hydrogen-bond acceptors (Lipinski definition) is 7. The highest BCUT2D eigenvalue weighted by Crippen LogP contribution is 2.19. The molecule has 136 valence electrons. The monoisotopic (exact) mass is 384 g/mol. The minimum atomic E-state index is -3.97. The van der Waals surface area contributed by atoms with E-state index in [0.29, 0.717) is 16.6 Å². The van der Waals surface area contributed by atoms with Crippen molar-refractivity contribution < 1.29 is 13.3 Å². The molecule has 0 aliphatic heterocycles. The van der Waals surface area contributed by atoms with E-state index in [2.05, 4.69) is 10.2 Å². The Morgan fingerprint density at radius 1 is 1.33 bits per heavy atom. The Labute approximate surface area is 153 Å². The molecule has 2 heterocycles. The molecule has 0 aliphatic carbocycles. The van der Waals surface area contributed by atoms with Crippen LogP contribution >= 0.6 is 0 Å². The molecule has 0 radical (unpaired) electrons. The highest BCUT2D eigenvalue weighted by Gasteiger charge is 2.20.